The molecule has 66 valence electrons. The smallest absolute Gasteiger partial charge is 0.00733 e. The molecule has 2 heteroatoms. The van der Waals surface area contributed by atoms with E-state index in [9.17, 15) is 0 Å². The Kier molecular flexibility index (Phi) is 7.26. The summed E-state index contributed by atoms with van der Waals surface area (Å²) in [7, 11) is 0. The molecule has 0 unspecified atom stereocenters. The fraction of sp³-hybridized carbons (Fsp3) is 0.778. The van der Waals surface area contributed by atoms with Crippen LogP contribution in [0.2, 0.25) is 0 Å². The van der Waals surface area contributed by atoms with E-state index in [1.807, 2.05) is 0 Å². The van der Waals surface area contributed by atoms with Crippen LogP contribution in [0.25, 0.3) is 0 Å². The molecule has 0 atom stereocenters. The van der Waals surface area contributed by atoms with Crippen LogP contribution in [0.15, 0.2) is 11.8 Å². The minimum absolute atomic E-state index is 0.825. The summed E-state index contributed by atoms with van der Waals surface area (Å²) in [5.41, 5.74) is 12.0. The molecule has 0 saturated heterocycles. The summed E-state index contributed by atoms with van der Waals surface area (Å²) >= 11 is 0. The van der Waals surface area contributed by atoms with Crippen molar-refractivity contribution in [3.05, 3.63) is 11.8 Å². The van der Waals surface area contributed by atoms with Crippen molar-refractivity contribution >= 4 is 0 Å². The van der Waals surface area contributed by atoms with Gasteiger partial charge < -0.3 is 11.5 Å². The molecule has 0 aliphatic carbocycles. The Bertz CT molecular complexity index is 108. The fourth-order valence-electron chi connectivity index (χ4n) is 0.985. The van der Waals surface area contributed by atoms with Crippen LogP contribution in [-0.2, 0) is 0 Å². The second-order valence-corrected chi connectivity index (χ2v) is 2.97. The van der Waals surface area contributed by atoms with Crippen LogP contribution in [0, 0.1) is 0 Å². The predicted octanol–water partition coefficient (Wildman–Crippen LogP) is 1.76. The Balaban J connectivity index is 3.02. The Morgan fingerprint density at radius 2 is 1.82 bits per heavy atom. The molecule has 4 N–H and O–H groups in total. The van der Waals surface area contributed by atoms with Gasteiger partial charge in [0.15, 0.2) is 0 Å². The van der Waals surface area contributed by atoms with E-state index >= 15 is 0 Å². The molecule has 0 aromatic carbocycles. The first-order chi connectivity index (χ1) is 5.31. The third-order valence-electron chi connectivity index (χ3n) is 1.81. The lowest BCUT2D eigenvalue weighted by molar-refractivity contribution is 0.644. The summed E-state index contributed by atoms with van der Waals surface area (Å²) in [5.74, 6) is 0. The molecule has 0 aliphatic rings. The average Bonchev–Trinajstić information content (AvgIpc) is 2.04. The molecule has 11 heavy (non-hydrogen) atoms. The van der Waals surface area contributed by atoms with Crippen LogP contribution in [0.5, 0.6) is 0 Å². The third-order valence-corrected chi connectivity index (χ3v) is 1.81. The molecule has 0 aromatic rings. The van der Waals surface area contributed by atoms with Gasteiger partial charge in [0.25, 0.3) is 0 Å². The van der Waals surface area contributed by atoms with E-state index in [2.05, 4.69) is 6.92 Å². The number of rotatable bonds is 6. The lowest BCUT2D eigenvalue weighted by Crippen LogP contribution is -1.97. The van der Waals surface area contributed by atoms with Gasteiger partial charge in [-0.15, -0.1) is 0 Å². The molecular weight excluding hydrogens is 136 g/mol. The summed E-state index contributed by atoms with van der Waals surface area (Å²) in [4.78, 5) is 0. The van der Waals surface area contributed by atoms with Crippen LogP contribution in [0.4, 0.5) is 0 Å². The Morgan fingerprint density at radius 3 is 2.36 bits per heavy atom. The molecule has 0 bridgehead atoms. The minimum atomic E-state index is 0.825. The van der Waals surface area contributed by atoms with Crippen LogP contribution in [0.3, 0.4) is 0 Å². The topological polar surface area (TPSA) is 52.0 Å². The number of unbranched alkanes of at least 4 members (excludes halogenated alkanes) is 3. The molecule has 0 amide bonds. The maximum atomic E-state index is 5.37. The molecule has 0 rings (SSSR count). The standard InChI is InChI=1S/C9H20N2/c1-9(8-11)6-4-2-3-5-7-10/h8H,2-7,10-11H2,1H3. The van der Waals surface area contributed by atoms with Crippen LogP contribution < -0.4 is 11.5 Å². The van der Waals surface area contributed by atoms with E-state index in [1.54, 1.807) is 6.20 Å². The SMILES string of the molecule is CC(=CN)CCCCCCN. The van der Waals surface area contributed by atoms with Crippen molar-refractivity contribution in [1.29, 1.82) is 0 Å². The number of hydrogen-bond acceptors (Lipinski definition) is 2. The predicted molar refractivity (Wildman–Crippen MR) is 50.1 cm³/mol. The number of nitrogens with two attached hydrogens (primary N) is 2. The Morgan fingerprint density at radius 1 is 1.18 bits per heavy atom. The van der Waals surface area contributed by atoms with E-state index in [1.165, 1.54) is 24.8 Å². The normalized spacial score (nSPS) is 12.0. The van der Waals surface area contributed by atoms with Crippen molar-refractivity contribution in [3.63, 3.8) is 0 Å². The minimum Gasteiger partial charge on any atom is -0.405 e. The van der Waals surface area contributed by atoms with E-state index in [0.29, 0.717) is 0 Å². The molecule has 0 saturated carbocycles. The fourth-order valence-corrected chi connectivity index (χ4v) is 0.985. The van der Waals surface area contributed by atoms with Gasteiger partial charge in [0, 0.05) is 0 Å². The van der Waals surface area contributed by atoms with Crippen LogP contribution in [0.1, 0.15) is 39.0 Å². The molecule has 0 radical (unpaired) electrons. The van der Waals surface area contributed by atoms with Gasteiger partial charge in [-0.05, 0) is 38.9 Å². The summed E-state index contributed by atoms with van der Waals surface area (Å²) in [6.07, 6.45) is 7.78. The molecule has 0 heterocycles. The van der Waals surface area contributed by atoms with E-state index in [4.69, 9.17) is 11.5 Å². The molecule has 0 aromatic heterocycles. The van der Waals surface area contributed by atoms with Crippen LogP contribution in [-0.4, -0.2) is 6.54 Å². The second kappa shape index (κ2) is 7.61. The van der Waals surface area contributed by atoms with Crippen molar-refractivity contribution in [2.24, 2.45) is 11.5 Å². The molecule has 2 nitrogen and oxygen atoms in total. The van der Waals surface area contributed by atoms with Gasteiger partial charge in [-0.25, -0.2) is 0 Å². The Hall–Kier alpha value is -0.500. The Labute approximate surface area is 69.6 Å². The maximum Gasteiger partial charge on any atom is -0.00733 e. The average molecular weight is 156 g/mol. The maximum absolute atomic E-state index is 5.37. The van der Waals surface area contributed by atoms with Gasteiger partial charge in [0.05, 0.1) is 0 Å². The first kappa shape index (κ1) is 10.5. The summed E-state index contributed by atoms with van der Waals surface area (Å²) in [5, 5.41) is 0. The van der Waals surface area contributed by atoms with E-state index < -0.39 is 0 Å². The number of allylic oxidation sites excluding steroid dienone is 1. The molecule has 0 spiro atoms. The molecular formula is C9H20N2. The molecule has 0 fully saturated rings. The first-order valence-corrected chi connectivity index (χ1v) is 4.38. The third kappa shape index (κ3) is 7.40. The van der Waals surface area contributed by atoms with Crippen LogP contribution >= 0.6 is 0 Å². The zero-order valence-corrected chi connectivity index (χ0v) is 7.47. The monoisotopic (exact) mass is 156 g/mol. The highest BCUT2D eigenvalue weighted by Crippen LogP contribution is 2.07. The van der Waals surface area contributed by atoms with Gasteiger partial charge in [-0.1, -0.05) is 18.4 Å². The highest BCUT2D eigenvalue weighted by molar-refractivity contribution is 4.93. The summed E-state index contributed by atoms with van der Waals surface area (Å²) in [6, 6.07) is 0. The highest BCUT2D eigenvalue weighted by Gasteiger charge is 1.90. The lowest BCUT2D eigenvalue weighted by atomic mass is 10.1. The quantitative estimate of drug-likeness (QED) is 0.576. The van der Waals surface area contributed by atoms with E-state index in [-0.39, 0.29) is 0 Å². The first-order valence-electron chi connectivity index (χ1n) is 4.38. The van der Waals surface area contributed by atoms with Crippen molar-refractivity contribution in [1.82, 2.24) is 0 Å². The van der Waals surface area contributed by atoms with Gasteiger partial charge in [-0.2, -0.15) is 0 Å². The van der Waals surface area contributed by atoms with Gasteiger partial charge in [-0.3, -0.25) is 0 Å². The zero-order chi connectivity index (χ0) is 8.53. The van der Waals surface area contributed by atoms with Crippen molar-refractivity contribution in [2.45, 2.75) is 39.0 Å². The number of hydrogen-bond donors (Lipinski definition) is 2. The summed E-state index contributed by atoms with van der Waals surface area (Å²) in [6.45, 7) is 2.90. The van der Waals surface area contributed by atoms with Crippen molar-refractivity contribution < 1.29 is 0 Å². The zero-order valence-electron chi connectivity index (χ0n) is 7.47. The van der Waals surface area contributed by atoms with Gasteiger partial charge in [0.1, 0.15) is 0 Å². The van der Waals surface area contributed by atoms with Crippen molar-refractivity contribution in [3.8, 4) is 0 Å². The van der Waals surface area contributed by atoms with E-state index in [0.717, 1.165) is 19.4 Å². The van der Waals surface area contributed by atoms with Gasteiger partial charge >= 0.3 is 0 Å². The van der Waals surface area contributed by atoms with Crippen molar-refractivity contribution in [2.75, 3.05) is 6.54 Å². The largest absolute Gasteiger partial charge is 0.405 e. The summed E-state index contributed by atoms with van der Waals surface area (Å²) < 4.78 is 0. The van der Waals surface area contributed by atoms with Gasteiger partial charge in [0.2, 0.25) is 0 Å². The highest BCUT2D eigenvalue weighted by atomic mass is 14.5. The molecule has 0 aliphatic heterocycles. The second-order valence-electron chi connectivity index (χ2n) is 2.97. The lowest BCUT2D eigenvalue weighted by Gasteiger charge is -1.99.